The van der Waals surface area contributed by atoms with Gasteiger partial charge in [0.2, 0.25) is 0 Å². The molecular formula is C10H19O2. The van der Waals surface area contributed by atoms with Gasteiger partial charge < -0.3 is 4.74 Å². The fourth-order valence-electron chi connectivity index (χ4n) is 1.28. The molecular weight excluding hydrogens is 152 g/mol. The van der Waals surface area contributed by atoms with E-state index in [1.165, 1.54) is 6.47 Å². The third-order valence-electron chi connectivity index (χ3n) is 1.67. The maximum atomic E-state index is 10.0. The van der Waals surface area contributed by atoms with Crippen molar-refractivity contribution in [3.05, 3.63) is 0 Å². The van der Waals surface area contributed by atoms with Gasteiger partial charge in [0.25, 0.3) is 0 Å². The predicted molar refractivity (Wildman–Crippen MR) is 49.5 cm³/mol. The van der Waals surface area contributed by atoms with E-state index in [1.54, 1.807) is 0 Å². The van der Waals surface area contributed by atoms with Crippen LogP contribution < -0.4 is 0 Å². The first-order chi connectivity index (χ1) is 5.49. The van der Waals surface area contributed by atoms with E-state index in [-0.39, 0.29) is 11.5 Å². The van der Waals surface area contributed by atoms with Crippen molar-refractivity contribution >= 4 is 6.47 Å². The van der Waals surface area contributed by atoms with Crippen LogP contribution in [-0.4, -0.2) is 12.6 Å². The summed E-state index contributed by atoms with van der Waals surface area (Å²) in [5.41, 5.74) is 0.219. The molecule has 1 unspecified atom stereocenters. The average Bonchev–Trinajstić information content (AvgIpc) is 1.84. The van der Waals surface area contributed by atoms with E-state index in [9.17, 15) is 4.79 Å². The Hall–Kier alpha value is -0.530. The zero-order valence-corrected chi connectivity index (χ0v) is 8.52. The smallest absolute Gasteiger partial charge is 0.417 e. The highest BCUT2D eigenvalue weighted by Gasteiger charge is 2.18. The van der Waals surface area contributed by atoms with E-state index in [1.807, 2.05) is 0 Å². The highest BCUT2D eigenvalue weighted by molar-refractivity contribution is 5.38. The lowest BCUT2D eigenvalue weighted by Gasteiger charge is -2.23. The van der Waals surface area contributed by atoms with Gasteiger partial charge in [-0.05, 0) is 18.3 Å². The second-order valence-corrected chi connectivity index (χ2v) is 4.38. The number of ether oxygens (including phenoxy) is 1. The molecule has 1 atom stereocenters. The second kappa shape index (κ2) is 5.18. The average molecular weight is 171 g/mol. The van der Waals surface area contributed by atoms with Crippen molar-refractivity contribution in [2.45, 2.75) is 53.1 Å². The van der Waals surface area contributed by atoms with E-state index in [2.05, 4.69) is 27.7 Å². The number of hydrogen-bond donors (Lipinski definition) is 0. The van der Waals surface area contributed by atoms with E-state index >= 15 is 0 Å². The standard InChI is InChI=1S/C10H19O2/c1-5-6-9(12-8-11)7-10(2,3)4/h9H,5-7H2,1-4H3. The van der Waals surface area contributed by atoms with Gasteiger partial charge in [-0.15, -0.1) is 0 Å². The number of rotatable bonds is 5. The van der Waals surface area contributed by atoms with E-state index in [0.717, 1.165) is 19.3 Å². The van der Waals surface area contributed by atoms with Crippen molar-refractivity contribution < 1.29 is 9.53 Å². The van der Waals surface area contributed by atoms with Crippen LogP contribution in [0.25, 0.3) is 0 Å². The Bertz CT molecular complexity index is 124. The van der Waals surface area contributed by atoms with Gasteiger partial charge in [0.1, 0.15) is 6.10 Å². The molecule has 2 heteroatoms. The Morgan fingerprint density at radius 2 is 2.00 bits per heavy atom. The summed E-state index contributed by atoms with van der Waals surface area (Å²) in [6.07, 6.45) is 2.94. The van der Waals surface area contributed by atoms with Crippen LogP contribution in [0.15, 0.2) is 0 Å². The highest BCUT2D eigenvalue weighted by Crippen LogP contribution is 2.24. The molecule has 0 amide bonds. The van der Waals surface area contributed by atoms with Gasteiger partial charge in [0.05, 0.1) is 0 Å². The molecule has 2 nitrogen and oxygen atoms in total. The molecule has 0 N–H and O–H groups in total. The predicted octanol–water partition coefficient (Wildman–Crippen LogP) is 2.68. The van der Waals surface area contributed by atoms with E-state index < -0.39 is 0 Å². The third-order valence-corrected chi connectivity index (χ3v) is 1.67. The molecule has 0 aromatic heterocycles. The van der Waals surface area contributed by atoms with Crippen LogP contribution in [0.4, 0.5) is 0 Å². The molecule has 0 saturated carbocycles. The normalized spacial score (nSPS) is 14.0. The lowest BCUT2D eigenvalue weighted by atomic mass is 9.88. The summed E-state index contributed by atoms with van der Waals surface area (Å²) in [6, 6.07) is 0. The monoisotopic (exact) mass is 171 g/mol. The molecule has 0 rings (SSSR count). The summed E-state index contributed by atoms with van der Waals surface area (Å²) in [7, 11) is 0. The van der Waals surface area contributed by atoms with E-state index in [4.69, 9.17) is 4.74 Å². The van der Waals surface area contributed by atoms with Crippen LogP contribution in [0.3, 0.4) is 0 Å². The molecule has 0 aliphatic heterocycles. The first kappa shape index (κ1) is 11.5. The first-order valence-corrected chi connectivity index (χ1v) is 4.52. The Balaban J connectivity index is 3.85. The highest BCUT2D eigenvalue weighted by atomic mass is 16.5. The molecule has 0 aromatic carbocycles. The van der Waals surface area contributed by atoms with Crippen molar-refractivity contribution in [2.75, 3.05) is 0 Å². The second-order valence-electron chi connectivity index (χ2n) is 4.38. The largest absolute Gasteiger partial charge is 0.454 e. The summed E-state index contributed by atoms with van der Waals surface area (Å²) in [6.45, 7) is 10.0. The molecule has 71 valence electrons. The Kier molecular flexibility index (Phi) is 4.95. The van der Waals surface area contributed by atoms with Crippen LogP contribution in [-0.2, 0) is 9.53 Å². The lowest BCUT2D eigenvalue weighted by molar-refractivity contribution is 0.118. The van der Waals surface area contributed by atoms with E-state index in [0.29, 0.717) is 0 Å². The lowest BCUT2D eigenvalue weighted by Crippen LogP contribution is -2.20. The van der Waals surface area contributed by atoms with Crippen molar-refractivity contribution in [1.82, 2.24) is 0 Å². The van der Waals surface area contributed by atoms with Crippen LogP contribution >= 0.6 is 0 Å². The Morgan fingerprint density at radius 1 is 1.42 bits per heavy atom. The molecule has 12 heavy (non-hydrogen) atoms. The fourth-order valence-corrected chi connectivity index (χ4v) is 1.28. The topological polar surface area (TPSA) is 26.3 Å². The molecule has 0 aromatic rings. The molecule has 0 aliphatic carbocycles. The van der Waals surface area contributed by atoms with Gasteiger partial charge >= 0.3 is 6.47 Å². The maximum Gasteiger partial charge on any atom is 0.417 e. The van der Waals surface area contributed by atoms with Gasteiger partial charge in [-0.25, -0.2) is 4.79 Å². The van der Waals surface area contributed by atoms with Gasteiger partial charge in [0.15, 0.2) is 0 Å². The maximum absolute atomic E-state index is 10.0. The molecule has 0 spiro atoms. The molecule has 0 bridgehead atoms. The first-order valence-electron chi connectivity index (χ1n) is 4.52. The van der Waals surface area contributed by atoms with Crippen LogP contribution in [0, 0.1) is 5.41 Å². The van der Waals surface area contributed by atoms with Crippen molar-refractivity contribution in [3.63, 3.8) is 0 Å². The van der Waals surface area contributed by atoms with Gasteiger partial charge in [-0.2, -0.15) is 0 Å². The van der Waals surface area contributed by atoms with Crippen LogP contribution in [0.5, 0.6) is 0 Å². The fraction of sp³-hybridized carbons (Fsp3) is 0.900. The molecule has 0 heterocycles. The van der Waals surface area contributed by atoms with Crippen molar-refractivity contribution in [2.24, 2.45) is 5.41 Å². The molecule has 0 aliphatic rings. The zero-order valence-electron chi connectivity index (χ0n) is 8.52. The summed E-state index contributed by atoms with van der Waals surface area (Å²) in [5, 5.41) is 0. The Labute approximate surface area is 75.3 Å². The zero-order chi connectivity index (χ0) is 9.61. The molecule has 0 saturated heterocycles. The van der Waals surface area contributed by atoms with Gasteiger partial charge in [0, 0.05) is 0 Å². The molecule has 0 fully saturated rings. The summed E-state index contributed by atoms with van der Waals surface area (Å²) < 4.78 is 4.85. The molecule has 1 radical (unpaired) electrons. The Morgan fingerprint density at radius 3 is 2.33 bits per heavy atom. The SMILES string of the molecule is CCCC(CC(C)(C)C)O[C]=O. The third kappa shape index (κ3) is 6.20. The minimum Gasteiger partial charge on any atom is -0.454 e. The minimum atomic E-state index is 0.0486. The number of hydrogen-bond acceptors (Lipinski definition) is 2. The van der Waals surface area contributed by atoms with Gasteiger partial charge in [-0.1, -0.05) is 34.1 Å². The summed E-state index contributed by atoms with van der Waals surface area (Å²) in [4.78, 5) is 10.0. The summed E-state index contributed by atoms with van der Waals surface area (Å²) >= 11 is 0. The van der Waals surface area contributed by atoms with Crippen molar-refractivity contribution in [3.8, 4) is 0 Å². The minimum absolute atomic E-state index is 0.0486. The van der Waals surface area contributed by atoms with Gasteiger partial charge in [-0.3, -0.25) is 0 Å². The quantitative estimate of drug-likeness (QED) is 0.635. The van der Waals surface area contributed by atoms with Crippen LogP contribution in [0.2, 0.25) is 0 Å². The summed E-state index contributed by atoms with van der Waals surface area (Å²) in [5.74, 6) is 0. The number of carbonyl (C=O) groups excluding carboxylic acids is 1. The van der Waals surface area contributed by atoms with Crippen LogP contribution in [0.1, 0.15) is 47.0 Å². The van der Waals surface area contributed by atoms with Crippen molar-refractivity contribution in [1.29, 1.82) is 0 Å².